The van der Waals surface area contributed by atoms with Gasteiger partial charge in [-0.2, -0.15) is 0 Å². The number of piperazine rings is 1. The van der Waals surface area contributed by atoms with Gasteiger partial charge in [0.1, 0.15) is 4.60 Å². The van der Waals surface area contributed by atoms with E-state index < -0.39 is 0 Å². The number of hydrogen-bond donors (Lipinski definition) is 1. The van der Waals surface area contributed by atoms with E-state index in [0.717, 1.165) is 37.2 Å². The van der Waals surface area contributed by atoms with Crippen molar-refractivity contribution >= 4 is 15.9 Å². The SMILES string of the molecule is CC[C@@H](c1ccc(Br)nc1)N1CCNCC1. The second-order valence-electron chi connectivity index (χ2n) is 4.12. The maximum atomic E-state index is 4.32. The summed E-state index contributed by atoms with van der Waals surface area (Å²) in [6.45, 7) is 6.71. The quantitative estimate of drug-likeness (QED) is 0.863. The lowest BCUT2D eigenvalue weighted by Gasteiger charge is -2.34. The number of aromatic nitrogens is 1. The number of pyridine rings is 1. The minimum absolute atomic E-state index is 0.516. The monoisotopic (exact) mass is 283 g/mol. The first-order valence-electron chi connectivity index (χ1n) is 5.87. The first kappa shape index (κ1) is 12.0. The van der Waals surface area contributed by atoms with E-state index in [1.54, 1.807) is 0 Å². The molecule has 2 heterocycles. The zero-order chi connectivity index (χ0) is 11.4. The van der Waals surface area contributed by atoms with Crippen LogP contribution >= 0.6 is 15.9 Å². The molecule has 1 saturated heterocycles. The zero-order valence-electron chi connectivity index (χ0n) is 9.62. The van der Waals surface area contributed by atoms with Crippen molar-refractivity contribution < 1.29 is 0 Å². The Morgan fingerprint density at radius 3 is 2.75 bits per heavy atom. The Kier molecular flexibility index (Phi) is 4.32. The zero-order valence-corrected chi connectivity index (χ0v) is 11.2. The number of halogens is 1. The van der Waals surface area contributed by atoms with E-state index in [1.165, 1.54) is 5.56 Å². The Labute approximate surface area is 105 Å². The standard InChI is InChI=1S/C12H18BrN3/c1-2-11(16-7-5-14-6-8-16)10-3-4-12(13)15-9-10/h3-4,9,11,14H,2,5-8H2,1H3/t11-/m0/s1. The van der Waals surface area contributed by atoms with Gasteiger partial charge in [0.25, 0.3) is 0 Å². The van der Waals surface area contributed by atoms with Gasteiger partial charge in [0.05, 0.1) is 0 Å². The van der Waals surface area contributed by atoms with E-state index in [1.807, 2.05) is 12.3 Å². The number of hydrogen-bond acceptors (Lipinski definition) is 3. The molecule has 1 aromatic heterocycles. The summed E-state index contributed by atoms with van der Waals surface area (Å²) in [7, 11) is 0. The van der Waals surface area contributed by atoms with Gasteiger partial charge in [-0.15, -0.1) is 0 Å². The van der Waals surface area contributed by atoms with E-state index in [2.05, 4.69) is 44.1 Å². The van der Waals surface area contributed by atoms with Crippen LogP contribution in [0.5, 0.6) is 0 Å². The van der Waals surface area contributed by atoms with Crippen molar-refractivity contribution in [2.75, 3.05) is 26.2 Å². The van der Waals surface area contributed by atoms with Crippen molar-refractivity contribution in [3.05, 3.63) is 28.5 Å². The molecule has 0 aromatic carbocycles. The highest BCUT2D eigenvalue weighted by Crippen LogP contribution is 2.24. The fourth-order valence-corrected chi connectivity index (χ4v) is 2.52. The molecular formula is C12H18BrN3. The minimum atomic E-state index is 0.516. The van der Waals surface area contributed by atoms with Crippen LogP contribution in [0.15, 0.2) is 22.9 Å². The summed E-state index contributed by atoms with van der Waals surface area (Å²) in [6.07, 6.45) is 3.13. The third kappa shape index (κ3) is 2.81. The molecule has 3 nitrogen and oxygen atoms in total. The predicted molar refractivity (Wildman–Crippen MR) is 69.4 cm³/mol. The maximum absolute atomic E-state index is 4.32. The molecule has 0 aliphatic carbocycles. The fraction of sp³-hybridized carbons (Fsp3) is 0.583. The molecule has 0 saturated carbocycles. The molecule has 16 heavy (non-hydrogen) atoms. The molecule has 1 aromatic rings. The summed E-state index contributed by atoms with van der Waals surface area (Å²) >= 11 is 3.38. The molecule has 0 spiro atoms. The van der Waals surface area contributed by atoms with Crippen molar-refractivity contribution in [2.24, 2.45) is 0 Å². The van der Waals surface area contributed by atoms with Gasteiger partial charge in [0.2, 0.25) is 0 Å². The topological polar surface area (TPSA) is 28.2 Å². The summed E-state index contributed by atoms with van der Waals surface area (Å²) in [5, 5.41) is 3.39. The minimum Gasteiger partial charge on any atom is -0.314 e. The van der Waals surface area contributed by atoms with Crippen LogP contribution in [0.4, 0.5) is 0 Å². The lowest BCUT2D eigenvalue weighted by molar-refractivity contribution is 0.169. The Hall–Kier alpha value is -0.450. The molecule has 0 radical (unpaired) electrons. The highest BCUT2D eigenvalue weighted by molar-refractivity contribution is 9.10. The molecule has 1 N–H and O–H groups in total. The van der Waals surface area contributed by atoms with Crippen molar-refractivity contribution in [3.63, 3.8) is 0 Å². The lowest BCUT2D eigenvalue weighted by Crippen LogP contribution is -2.45. The predicted octanol–water partition coefficient (Wildman–Crippen LogP) is 2.20. The molecular weight excluding hydrogens is 266 g/mol. The molecule has 88 valence electrons. The first-order valence-corrected chi connectivity index (χ1v) is 6.66. The summed E-state index contributed by atoms with van der Waals surface area (Å²) in [4.78, 5) is 6.86. The average Bonchev–Trinajstić information content (AvgIpc) is 2.34. The van der Waals surface area contributed by atoms with Gasteiger partial charge in [-0.05, 0) is 34.0 Å². The van der Waals surface area contributed by atoms with Gasteiger partial charge in [0, 0.05) is 38.4 Å². The Bertz CT molecular complexity index is 320. The third-order valence-corrected chi connectivity index (χ3v) is 3.58. The van der Waals surface area contributed by atoms with Crippen molar-refractivity contribution in [1.82, 2.24) is 15.2 Å². The normalized spacial score (nSPS) is 19.6. The van der Waals surface area contributed by atoms with E-state index in [4.69, 9.17) is 0 Å². The van der Waals surface area contributed by atoms with Gasteiger partial charge in [-0.1, -0.05) is 13.0 Å². The van der Waals surface area contributed by atoms with Crippen LogP contribution in [0.1, 0.15) is 24.9 Å². The third-order valence-electron chi connectivity index (χ3n) is 3.11. The Morgan fingerprint density at radius 2 is 2.19 bits per heavy atom. The van der Waals surface area contributed by atoms with Crippen LogP contribution in [0, 0.1) is 0 Å². The van der Waals surface area contributed by atoms with Crippen LogP contribution < -0.4 is 5.32 Å². The van der Waals surface area contributed by atoms with Crippen molar-refractivity contribution in [3.8, 4) is 0 Å². The number of nitrogens with zero attached hydrogens (tertiary/aromatic N) is 2. The molecule has 1 aliphatic heterocycles. The Balaban J connectivity index is 2.11. The maximum Gasteiger partial charge on any atom is 0.106 e. The van der Waals surface area contributed by atoms with Gasteiger partial charge in [-0.3, -0.25) is 4.90 Å². The molecule has 1 fully saturated rings. The summed E-state index contributed by atoms with van der Waals surface area (Å²) in [5.41, 5.74) is 1.33. The van der Waals surface area contributed by atoms with Gasteiger partial charge in [0.15, 0.2) is 0 Å². The molecule has 0 amide bonds. The van der Waals surface area contributed by atoms with Crippen LogP contribution in [-0.4, -0.2) is 36.1 Å². The van der Waals surface area contributed by atoms with Crippen molar-refractivity contribution in [2.45, 2.75) is 19.4 Å². The van der Waals surface area contributed by atoms with Gasteiger partial charge < -0.3 is 5.32 Å². The molecule has 0 unspecified atom stereocenters. The smallest absolute Gasteiger partial charge is 0.106 e. The summed E-state index contributed by atoms with van der Waals surface area (Å²) < 4.78 is 0.909. The largest absolute Gasteiger partial charge is 0.314 e. The van der Waals surface area contributed by atoms with E-state index >= 15 is 0 Å². The molecule has 0 bridgehead atoms. The van der Waals surface area contributed by atoms with E-state index in [9.17, 15) is 0 Å². The van der Waals surface area contributed by atoms with Crippen LogP contribution in [0.25, 0.3) is 0 Å². The van der Waals surface area contributed by atoms with Gasteiger partial charge >= 0.3 is 0 Å². The second-order valence-corrected chi connectivity index (χ2v) is 4.94. The summed E-state index contributed by atoms with van der Waals surface area (Å²) in [6, 6.07) is 4.72. The van der Waals surface area contributed by atoms with Crippen LogP contribution in [0.2, 0.25) is 0 Å². The van der Waals surface area contributed by atoms with E-state index in [-0.39, 0.29) is 0 Å². The average molecular weight is 284 g/mol. The fourth-order valence-electron chi connectivity index (χ4n) is 2.28. The number of rotatable bonds is 3. The molecule has 4 heteroatoms. The molecule has 1 atom stereocenters. The van der Waals surface area contributed by atoms with Crippen LogP contribution in [0.3, 0.4) is 0 Å². The molecule has 2 rings (SSSR count). The lowest BCUT2D eigenvalue weighted by atomic mass is 10.0. The number of nitrogens with one attached hydrogen (secondary N) is 1. The van der Waals surface area contributed by atoms with Crippen molar-refractivity contribution in [1.29, 1.82) is 0 Å². The Morgan fingerprint density at radius 1 is 1.44 bits per heavy atom. The summed E-state index contributed by atoms with van der Waals surface area (Å²) in [5.74, 6) is 0. The first-order chi connectivity index (χ1) is 7.81. The second kappa shape index (κ2) is 5.75. The molecule has 1 aliphatic rings. The van der Waals surface area contributed by atoms with Crippen LogP contribution in [-0.2, 0) is 0 Å². The van der Waals surface area contributed by atoms with Gasteiger partial charge in [-0.25, -0.2) is 4.98 Å². The highest BCUT2D eigenvalue weighted by atomic mass is 79.9. The highest BCUT2D eigenvalue weighted by Gasteiger charge is 2.20. The van der Waals surface area contributed by atoms with E-state index in [0.29, 0.717) is 6.04 Å².